The van der Waals surface area contributed by atoms with E-state index in [0.717, 1.165) is 23.7 Å². The predicted octanol–water partition coefficient (Wildman–Crippen LogP) is 2.68. The number of nitrogens with zero attached hydrogens (tertiary/aromatic N) is 4. The number of imide groups is 1. The Balaban J connectivity index is 1.79. The molecule has 0 fully saturated rings. The third kappa shape index (κ3) is 4.46. The number of hydrogen-bond acceptors (Lipinski definition) is 7. The Hall–Kier alpha value is -3.86. The van der Waals surface area contributed by atoms with Gasteiger partial charge in [-0.15, -0.1) is 10.2 Å². The molecule has 0 aliphatic carbocycles. The van der Waals surface area contributed by atoms with Crippen molar-refractivity contribution in [3.8, 4) is 11.4 Å². The maximum absolute atomic E-state index is 13.5. The summed E-state index contributed by atoms with van der Waals surface area (Å²) in [7, 11) is 1.54. The van der Waals surface area contributed by atoms with Crippen LogP contribution in [-0.2, 0) is 4.79 Å². The van der Waals surface area contributed by atoms with E-state index in [4.69, 9.17) is 4.74 Å². The summed E-state index contributed by atoms with van der Waals surface area (Å²) in [6.45, 7) is 4.32. The number of amides is 3. The fourth-order valence-electron chi connectivity index (χ4n) is 3.54. The number of carbonyl (C=O) groups excluding carboxylic acids is 2. The summed E-state index contributed by atoms with van der Waals surface area (Å²) in [4.78, 5) is 37.5. The van der Waals surface area contributed by atoms with Crippen molar-refractivity contribution >= 4 is 40.4 Å². The molecule has 3 amide bonds. The van der Waals surface area contributed by atoms with E-state index in [-0.39, 0.29) is 17.1 Å². The van der Waals surface area contributed by atoms with Crippen LogP contribution in [0.15, 0.2) is 52.4 Å². The van der Waals surface area contributed by atoms with Crippen LogP contribution in [0.2, 0.25) is 0 Å². The Morgan fingerprint density at radius 1 is 1.15 bits per heavy atom. The van der Waals surface area contributed by atoms with Gasteiger partial charge in [-0.2, -0.15) is 0 Å². The number of para-hydroxylation sites is 1. The van der Waals surface area contributed by atoms with Gasteiger partial charge in [-0.05, 0) is 43.2 Å². The standard InChI is InChI=1S/C23H24N6O4S/c1-4-11-24-21(32)25-19(30)13-34-23-27-26-22-28(17-12-14(2)9-10-18(17)33-3)20(31)15-7-5-6-8-16(15)29(22)23/h5-10,12H,4,11,13H2,1-3H3,(H2,24,25,30,32). The normalized spacial score (nSPS) is 11.0. The summed E-state index contributed by atoms with van der Waals surface area (Å²) in [6.07, 6.45) is 0.766. The Labute approximate surface area is 199 Å². The van der Waals surface area contributed by atoms with Crippen LogP contribution >= 0.6 is 11.8 Å². The predicted molar refractivity (Wildman–Crippen MR) is 130 cm³/mol. The summed E-state index contributed by atoms with van der Waals surface area (Å²) in [5, 5.41) is 14.3. The number of thioether (sulfide) groups is 1. The molecule has 34 heavy (non-hydrogen) atoms. The number of carbonyl (C=O) groups is 2. The van der Waals surface area contributed by atoms with Gasteiger partial charge in [0.15, 0.2) is 5.16 Å². The minimum Gasteiger partial charge on any atom is -0.495 e. The Bertz CT molecular complexity index is 1440. The van der Waals surface area contributed by atoms with Gasteiger partial charge >= 0.3 is 6.03 Å². The Kier molecular flexibility index (Phi) is 6.82. The zero-order chi connectivity index (χ0) is 24.2. The number of aromatic nitrogens is 4. The van der Waals surface area contributed by atoms with Gasteiger partial charge in [0.05, 0.1) is 29.5 Å². The van der Waals surface area contributed by atoms with Gasteiger partial charge in [0, 0.05) is 6.54 Å². The largest absolute Gasteiger partial charge is 0.495 e. The van der Waals surface area contributed by atoms with Crippen LogP contribution in [0, 0.1) is 6.92 Å². The Morgan fingerprint density at radius 3 is 2.71 bits per heavy atom. The number of urea groups is 1. The number of benzene rings is 2. The highest BCUT2D eigenvalue weighted by molar-refractivity contribution is 7.99. The smallest absolute Gasteiger partial charge is 0.321 e. The van der Waals surface area contributed by atoms with Gasteiger partial charge in [0.1, 0.15) is 5.75 Å². The number of fused-ring (bicyclic) bond motifs is 3. The summed E-state index contributed by atoms with van der Waals surface area (Å²) in [5.41, 5.74) is 1.83. The van der Waals surface area contributed by atoms with Crippen LogP contribution in [0.1, 0.15) is 18.9 Å². The molecule has 11 heteroatoms. The topological polar surface area (TPSA) is 120 Å². The van der Waals surface area contributed by atoms with Crippen LogP contribution in [-0.4, -0.2) is 50.5 Å². The number of nitrogens with one attached hydrogen (secondary N) is 2. The molecule has 0 radical (unpaired) electrons. The number of aryl methyl sites for hydroxylation is 1. The van der Waals surface area contributed by atoms with Crippen LogP contribution in [0.3, 0.4) is 0 Å². The van der Waals surface area contributed by atoms with Crippen molar-refractivity contribution in [3.63, 3.8) is 0 Å². The molecule has 0 bridgehead atoms. The van der Waals surface area contributed by atoms with Gasteiger partial charge in [-0.3, -0.25) is 19.3 Å². The molecule has 4 aromatic rings. The number of methoxy groups -OCH3 is 1. The fraction of sp³-hybridized carbons (Fsp3) is 0.261. The molecule has 0 unspecified atom stereocenters. The summed E-state index contributed by atoms with van der Waals surface area (Å²) in [5.74, 6) is 0.283. The van der Waals surface area contributed by atoms with Gasteiger partial charge in [-0.1, -0.05) is 36.9 Å². The van der Waals surface area contributed by atoms with Crippen LogP contribution in [0.4, 0.5) is 4.79 Å². The van der Waals surface area contributed by atoms with Crippen molar-refractivity contribution < 1.29 is 14.3 Å². The zero-order valence-electron chi connectivity index (χ0n) is 19.0. The average molecular weight is 481 g/mol. The number of ether oxygens (including phenoxy) is 1. The molecule has 10 nitrogen and oxygen atoms in total. The molecule has 0 aliphatic rings. The second kappa shape index (κ2) is 9.96. The molecule has 0 saturated carbocycles. The van der Waals surface area contributed by atoms with E-state index in [9.17, 15) is 14.4 Å². The highest BCUT2D eigenvalue weighted by Crippen LogP contribution is 2.27. The van der Waals surface area contributed by atoms with E-state index in [0.29, 0.717) is 34.0 Å². The van der Waals surface area contributed by atoms with Crippen LogP contribution in [0.25, 0.3) is 22.4 Å². The average Bonchev–Trinajstić information content (AvgIpc) is 3.25. The molecule has 0 atom stereocenters. The van der Waals surface area contributed by atoms with E-state index in [2.05, 4.69) is 20.8 Å². The van der Waals surface area contributed by atoms with E-state index in [1.54, 1.807) is 28.7 Å². The number of hydrogen-bond donors (Lipinski definition) is 2. The lowest BCUT2D eigenvalue weighted by Gasteiger charge is -2.14. The second-order valence-corrected chi connectivity index (χ2v) is 8.49. The second-order valence-electron chi connectivity index (χ2n) is 7.54. The molecule has 0 aliphatic heterocycles. The highest BCUT2D eigenvalue weighted by atomic mass is 32.2. The lowest BCUT2D eigenvalue weighted by Crippen LogP contribution is -2.40. The molecule has 176 valence electrons. The van der Waals surface area contributed by atoms with Gasteiger partial charge in [0.2, 0.25) is 11.7 Å². The monoisotopic (exact) mass is 480 g/mol. The quantitative estimate of drug-likeness (QED) is 0.390. The minimum atomic E-state index is -0.538. The molecule has 2 heterocycles. The van der Waals surface area contributed by atoms with Crippen molar-refractivity contribution in [2.45, 2.75) is 25.4 Å². The van der Waals surface area contributed by atoms with E-state index in [1.165, 1.54) is 11.7 Å². The molecular weight excluding hydrogens is 456 g/mol. The molecule has 0 spiro atoms. The third-order valence-corrected chi connectivity index (χ3v) is 6.02. The maximum atomic E-state index is 13.5. The van der Waals surface area contributed by atoms with E-state index >= 15 is 0 Å². The third-order valence-electron chi connectivity index (χ3n) is 5.09. The van der Waals surface area contributed by atoms with Crippen LogP contribution in [0.5, 0.6) is 5.75 Å². The van der Waals surface area contributed by atoms with Crippen LogP contribution < -0.4 is 20.9 Å². The van der Waals surface area contributed by atoms with Crippen molar-refractivity contribution in [1.82, 2.24) is 29.8 Å². The molecular formula is C23H24N6O4S. The summed E-state index contributed by atoms with van der Waals surface area (Å²) >= 11 is 1.12. The minimum absolute atomic E-state index is 0.0540. The van der Waals surface area contributed by atoms with Gasteiger partial charge in [-0.25, -0.2) is 9.36 Å². The Morgan fingerprint density at radius 2 is 1.94 bits per heavy atom. The lowest BCUT2D eigenvalue weighted by atomic mass is 10.2. The maximum Gasteiger partial charge on any atom is 0.321 e. The first-order valence-electron chi connectivity index (χ1n) is 10.7. The summed E-state index contributed by atoms with van der Waals surface area (Å²) < 4.78 is 8.70. The fourth-order valence-corrected chi connectivity index (χ4v) is 4.28. The van der Waals surface area contributed by atoms with Crippen molar-refractivity contribution in [2.24, 2.45) is 0 Å². The van der Waals surface area contributed by atoms with Crippen molar-refractivity contribution in [2.75, 3.05) is 19.4 Å². The molecule has 2 aromatic heterocycles. The first-order valence-corrected chi connectivity index (χ1v) is 11.7. The first-order chi connectivity index (χ1) is 16.4. The first kappa shape index (κ1) is 23.3. The number of rotatable bonds is 7. The molecule has 2 aromatic carbocycles. The van der Waals surface area contributed by atoms with Gasteiger partial charge < -0.3 is 10.1 Å². The zero-order valence-corrected chi connectivity index (χ0v) is 19.8. The van der Waals surface area contributed by atoms with E-state index < -0.39 is 11.9 Å². The van der Waals surface area contributed by atoms with E-state index in [1.807, 2.05) is 32.0 Å². The van der Waals surface area contributed by atoms with Crippen molar-refractivity contribution in [1.29, 1.82) is 0 Å². The van der Waals surface area contributed by atoms with Gasteiger partial charge in [0.25, 0.3) is 5.56 Å². The lowest BCUT2D eigenvalue weighted by molar-refractivity contribution is -0.117. The molecule has 2 N–H and O–H groups in total. The molecule has 0 saturated heterocycles. The summed E-state index contributed by atoms with van der Waals surface area (Å²) in [6, 6.07) is 12.1. The van der Waals surface area contributed by atoms with Crippen molar-refractivity contribution in [3.05, 3.63) is 58.4 Å². The SMILES string of the molecule is CCCNC(=O)NC(=O)CSc1nnc2n(-c3cc(C)ccc3OC)c(=O)c3ccccc3n12. The molecule has 4 rings (SSSR count). The highest BCUT2D eigenvalue weighted by Gasteiger charge is 2.20.